The first-order valence-corrected chi connectivity index (χ1v) is 11.2. The minimum absolute atomic E-state index is 0. The molecule has 3 rings (SSSR count). The van der Waals surface area contributed by atoms with E-state index in [1.165, 1.54) is 6.07 Å². The molecule has 0 fully saturated rings. The Kier molecular flexibility index (Phi) is 8.37. The summed E-state index contributed by atoms with van der Waals surface area (Å²) in [4.78, 5) is 0.209. The predicted molar refractivity (Wildman–Crippen MR) is 120 cm³/mol. The van der Waals surface area contributed by atoms with Crippen molar-refractivity contribution in [3.05, 3.63) is 52.0 Å². The van der Waals surface area contributed by atoms with Crippen molar-refractivity contribution in [2.75, 3.05) is 19.6 Å². The van der Waals surface area contributed by atoms with Crippen LogP contribution >= 0.6 is 28.6 Å². The van der Waals surface area contributed by atoms with E-state index in [1.54, 1.807) is 18.2 Å². The van der Waals surface area contributed by atoms with Crippen LogP contribution in [0.1, 0.15) is 42.4 Å². The highest BCUT2D eigenvalue weighted by Crippen LogP contribution is 2.42. The zero-order chi connectivity index (χ0) is 20.3. The molecule has 0 radical (unpaired) electrons. The van der Waals surface area contributed by atoms with E-state index in [9.17, 15) is 18.6 Å². The van der Waals surface area contributed by atoms with Gasteiger partial charge in [0.1, 0.15) is 0 Å². The Balaban J connectivity index is 0.00000300. The number of benzene rings is 2. The second-order valence-corrected chi connectivity index (χ2v) is 9.10. The molecule has 6 nitrogen and oxygen atoms in total. The lowest BCUT2D eigenvalue weighted by atomic mass is 9.87. The van der Waals surface area contributed by atoms with Crippen molar-refractivity contribution in [2.24, 2.45) is 0 Å². The first kappa shape index (κ1) is 24.0. The molecule has 0 bridgehead atoms. The van der Waals surface area contributed by atoms with Crippen molar-refractivity contribution in [3.63, 3.8) is 0 Å². The number of phenolic OH excluding ortho intramolecular Hbond substituents is 2. The molecule has 2 aromatic rings. The Labute approximate surface area is 187 Å². The van der Waals surface area contributed by atoms with Crippen molar-refractivity contribution >= 4 is 38.6 Å². The van der Waals surface area contributed by atoms with Crippen molar-refractivity contribution < 1.29 is 18.6 Å². The SMILES string of the molecule is Br.CCCCNS(=O)(=O)c1cccc(C2CNCCc3c2cc(O)c(O)c3Cl)c1. The molecule has 0 saturated heterocycles. The van der Waals surface area contributed by atoms with Gasteiger partial charge in [-0.3, -0.25) is 0 Å². The Morgan fingerprint density at radius 2 is 2.03 bits per heavy atom. The van der Waals surface area contributed by atoms with Crippen LogP contribution in [0.2, 0.25) is 5.02 Å². The lowest BCUT2D eigenvalue weighted by molar-refractivity contribution is 0.402. The fourth-order valence-corrected chi connectivity index (χ4v) is 4.91. The summed E-state index contributed by atoms with van der Waals surface area (Å²) >= 11 is 6.27. The zero-order valence-electron chi connectivity index (χ0n) is 16.1. The molecule has 0 aliphatic carbocycles. The molecule has 0 saturated carbocycles. The van der Waals surface area contributed by atoms with Crippen LogP contribution in [0.15, 0.2) is 35.2 Å². The van der Waals surface area contributed by atoms with Crippen LogP contribution in [0.4, 0.5) is 0 Å². The highest BCUT2D eigenvalue weighted by molar-refractivity contribution is 8.93. The lowest BCUT2D eigenvalue weighted by Crippen LogP contribution is -2.25. The minimum Gasteiger partial charge on any atom is -0.504 e. The number of phenols is 2. The fourth-order valence-electron chi connectivity index (χ4n) is 3.48. The van der Waals surface area contributed by atoms with Crippen molar-refractivity contribution in [3.8, 4) is 11.5 Å². The highest BCUT2D eigenvalue weighted by atomic mass is 79.9. The van der Waals surface area contributed by atoms with E-state index >= 15 is 0 Å². The van der Waals surface area contributed by atoms with Gasteiger partial charge in [0.2, 0.25) is 10.0 Å². The summed E-state index contributed by atoms with van der Waals surface area (Å²) < 4.78 is 27.8. The average Bonchev–Trinajstić information content (AvgIpc) is 2.89. The molecule has 0 spiro atoms. The molecule has 160 valence electrons. The summed E-state index contributed by atoms with van der Waals surface area (Å²) in [6.07, 6.45) is 2.29. The molecular formula is C20H26BrClN2O4S. The predicted octanol–water partition coefficient (Wildman–Crippen LogP) is 3.69. The van der Waals surface area contributed by atoms with Gasteiger partial charge in [0.15, 0.2) is 11.5 Å². The van der Waals surface area contributed by atoms with E-state index in [0.717, 1.165) is 29.5 Å². The maximum Gasteiger partial charge on any atom is 0.240 e. The second-order valence-electron chi connectivity index (χ2n) is 6.96. The summed E-state index contributed by atoms with van der Waals surface area (Å²) in [5.41, 5.74) is 2.36. The van der Waals surface area contributed by atoms with Gasteiger partial charge in [-0.2, -0.15) is 0 Å². The molecule has 1 heterocycles. The van der Waals surface area contributed by atoms with Crippen LogP contribution < -0.4 is 10.0 Å². The number of rotatable bonds is 6. The van der Waals surface area contributed by atoms with Gasteiger partial charge in [-0.15, -0.1) is 17.0 Å². The standard InChI is InChI=1S/C20H25ClN2O4S.BrH/c1-2-3-8-23-28(26,27)14-6-4-5-13(10-14)17-12-22-9-7-15-16(17)11-18(24)20(25)19(15)21;/h4-6,10-11,17,22-25H,2-3,7-9,12H2,1H3;1H. The van der Waals surface area contributed by atoms with Gasteiger partial charge in [0.25, 0.3) is 0 Å². The molecule has 4 N–H and O–H groups in total. The molecule has 29 heavy (non-hydrogen) atoms. The first-order valence-electron chi connectivity index (χ1n) is 9.38. The van der Waals surface area contributed by atoms with Gasteiger partial charge in [-0.1, -0.05) is 37.1 Å². The van der Waals surface area contributed by atoms with Gasteiger partial charge >= 0.3 is 0 Å². The molecular weight excluding hydrogens is 480 g/mol. The average molecular weight is 506 g/mol. The minimum atomic E-state index is -3.59. The maximum absolute atomic E-state index is 12.6. The van der Waals surface area contributed by atoms with E-state index in [1.807, 2.05) is 13.0 Å². The summed E-state index contributed by atoms with van der Waals surface area (Å²) in [5.74, 6) is -0.800. The summed E-state index contributed by atoms with van der Waals surface area (Å²) in [7, 11) is -3.59. The van der Waals surface area contributed by atoms with Crippen LogP contribution in [-0.2, 0) is 16.4 Å². The van der Waals surface area contributed by atoms with Crippen molar-refractivity contribution in [2.45, 2.75) is 37.0 Å². The van der Waals surface area contributed by atoms with E-state index in [4.69, 9.17) is 11.6 Å². The number of hydrogen-bond donors (Lipinski definition) is 4. The number of fused-ring (bicyclic) bond motifs is 1. The van der Waals surface area contributed by atoms with Crippen molar-refractivity contribution in [1.29, 1.82) is 0 Å². The van der Waals surface area contributed by atoms with Gasteiger partial charge < -0.3 is 15.5 Å². The second kappa shape index (κ2) is 10.1. The Morgan fingerprint density at radius 3 is 2.76 bits per heavy atom. The molecule has 1 atom stereocenters. The van der Waals surface area contributed by atoms with E-state index in [2.05, 4.69) is 10.0 Å². The first-order chi connectivity index (χ1) is 13.3. The van der Waals surface area contributed by atoms with E-state index in [-0.39, 0.29) is 44.3 Å². The van der Waals surface area contributed by atoms with Gasteiger partial charge in [-0.25, -0.2) is 13.1 Å². The lowest BCUT2D eigenvalue weighted by Gasteiger charge is -2.20. The molecule has 0 amide bonds. The van der Waals surface area contributed by atoms with Crippen LogP contribution in [0, 0.1) is 0 Å². The third kappa shape index (κ3) is 5.24. The van der Waals surface area contributed by atoms with Crippen LogP contribution in [-0.4, -0.2) is 38.3 Å². The van der Waals surface area contributed by atoms with E-state index < -0.39 is 10.0 Å². The summed E-state index contributed by atoms with van der Waals surface area (Å²) in [6, 6.07) is 8.34. The topological polar surface area (TPSA) is 98.7 Å². The van der Waals surface area contributed by atoms with Gasteiger partial charge in [0.05, 0.1) is 9.92 Å². The third-order valence-corrected chi connectivity index (χ3v) is 6.89. The number of unbranched alkanes of at least 4 members (excludes halogenated alkanes) is 1. The summed E-state index contributed by atoms with van der Waals surface area (Å²) in [6.45, 7) is 3.65. The van der Waals surface area contributed by atoms with E-state index in [0.29, 0.717) is 26.1 Å². The quantitative estimate of drug-likeness (QED) is 0.355. The Hall–Kier alpha value is -1.32. The monoisotopic (exact) mass is 504 g/mol. The molecule has 0 aromatic heterocycles. The Morgan fingerprint density at radius 1 is 1.28 bits per heavy atom. The van der Waals surface area contributed by atoms with Crippen molar-refractivity contribution in [1.82, 2.24) is 10.0 Å². The maximum atomic E-state index is 12.6. The van der Waals surface area contributed by atoms with Gasteiger partial charge in [-0.05, 0) is 54.3 Å². The van der Waals surface area contributed by atoms with Gasteiger partial charge in [0, 0.05) is 19.0 Å². The molecule has 1 aliphatic rings. The zero-order valence-corrected chi connectivity index (χ0v) is 19.4. The molecule has 1 unspecified atom stereocenters. The largest absolute Gasteiger partial charge is 0.504 e. The number of nitrogens with one attached hydrogen (secondary N) is 2. The smallest absolute Gasteiger partial charge is 0.240 e. The third-order valence-electron chi connectivity index (χ3n) is 5.02. The van der Waals surface area contributed by atoms with Crippen LogP contribution in [0.3, 0.4) is 0 Å². The molecule has 9 heteroatoms. The van der Waals surface area contributed by atoms with Crippen LogP contribution in [0.5, 0.6) is 11.5 Å². The Bertz CT molecular complexity index is 969. The normalized spacial score (nSPS) is 16.6. The molecule has 1 aliphatic heterocycles. The highest BCUT2D eigenvalue weighted by Gasteiger charge is 2.26. The number of hydrogen-bond acceptors (Lipinski definition) is 5. The van der Waals surface area contributed by atoms with Crippen LogP contribution in [0.25, 0.3) is 0 Å². The number of sulfonamides is 1. The molecule has 2 aromatic carbocycles. The number of aromatic hydroxyl groups is 2. The summed E-state index contributed by atoms with van der Waals surface area (Å²) in [5, 5.41) is 23.5. The fraction of sp³-hybridized carbons (Fsp3) is 0.400. The number of halogens is 2.